The van der Waals surface area contributed by atoms with Crippen LogP contribution in [0.25, 0.3) is 16.9 Å². The molecule has 9 heteroatoms. The minimum atomic E-state index is -0.511. The first-order valence-electron chi connectivity index (χ1n) is 9.40. The third-order valence-electron chi connectivity index (χ3n) is 4.47. The number of carbonyl (C=O) groups is 1. The number of benzene rings is 1. The summed E-state index contributed by atoms with van der Waals surface area (Å²) in [5.74, 6) is 0.659. The van der Waals surface area contributed by atoms with Crippen molar-refractivity contribution in [2.24, 2.45) is 0 Å². The molecule has 1 aromatic carbocycles. The topological polar surface area (TPSA) is 91.2 Å². The first-order valence-corrected chi connectivity index (χ1v) is 10.2. The molecule has 0 unspecified atom stereocenters. The molecule has 0 atom stereocenters. The minimum Gasteiger partial charge on any atom is -0.460 e. The van der Waals surface area contributed by atoms with E-state index in [1.807, 2.05) is 49.6 Å². The van der Waals surface area contributed by atoms with E-state index in [9.17, 15) is 4.79 Å². The number of hydrogen-bond acceptors (Lipinski definition) is 6. The molecule has 1 aliphatic rings. The van der Waals surface area contributed by atoms with Gasteiger partial charge in [-0.3, -0.25) is 4.57 Å². The highest BCUT2D eigenvalue weighted by Crippen LogP contribution is 2.28. The zero-order valence-corrected chi connectivity index (χ0v) is 18.0. The van der Waals surface area contributed by atoms with Gasteiger partial charge in [0.15, 0.2) is 5.82 Å². The average molecular weight is 460 g/mol. The summed E-state index contributed by atoms with van der Waals surface area (Å²) in [7, 11) is 0. The van der Waals surface area contributed by atoms with Crippen LogP contribution in [-0.4, -0.2) is 43.4 Å². The first-order chi connectivity index (χ1) is 13.8. The number of carbonyl (C=O) groups excluding carboxylic acids is 1. The predicted molar refractivity (Wildman–Crippen MR) is 111 cm³/mol. The molecule has 1 fully saturated rings. The lowest BCUT2D eigenvalue weighted by atomic mass is 9.89. The van der Waals surface area contributed by atoms with Crippen LogP contribution in [-0.2, 0) is 4.74 Å². The Morgan fingerprint density at radius 3 is 2.76 bits per heavy atom. The Hall–Kier alpha value is -2.68. The number of imidazole rings is 1. The van der Waals surface area contributed by atoms with Gasteiger partial charge in [-0.1, -0.05) is 12.1 Å². The van der Waals surface area contributed by atoms with Crippen LogP contribution in [0.3, 0.4) is 0 Å². The lowest BCUT2D eigenvalue weighted by Gasteiger charge is -2.35. The fourth-order valence-corrected chi connectivity index (χ4v) is 3.48. The number of amides is 1. The summed E-state index contributed by atoms with van der Waals surface area (Å²) in [6, 6.07) is 8.16. The summed E-state index contributed by atoms with van der Waals surface area (Å²) in [5, 5.41) is 2.85. The van der Waals surface area contributed by atoms with E-state index < -0.39 is 11.7 Å². The highest BCUT2D eigenvalue weighted by atomic mass is 79.9. The van der Waals surface area contributed by atoms with Crippen LogP contribution >= 0.6 is 15.9 Å². The average Bonchev–Trinajstić information content (AvgIpc) is 3.03. The standard InChI is InChI=1S/C20H22BrN5O3/c1-20(2,3)29-19(27)24-12-8-13(9-12)28-18-22-10-14(21)17(25-18)26-11-23-15-6-4-5-7-16(15)26/h4-7,10-13H,8-9H2,1-3H3,(H,24,27). The number of halogens is 1. The van der Waals surface area contributed by atoms with Crippen molar-refractivity contribution in [1.82, 2.24) is 24.8 Å². The number of para-hydroxylation sites is 2. The second-order valence-electron chi connectivity index (χ2n) is 7.98. The Kier molecular flexibility index (Phi) is 5.16. The second-order valence-corrected chi connectivity index (χ2v) is 8.84. The van der Waals surface area contributed by atoms with Gasteiger partial charge in [0.05, 0.1) is 21.7 Å². The summed E-state index contributed by atoms with van der Waals surface area (Å²) in [5.41, 5.74) is 1.32. The van der Waals surface area contributed by atoms with Gasteiger partial charge in [-0.25, -0.2) is 14.8 Å². The van der Waals surface area contributed by atoms with Gasteiger partial charge >= 0.3 is 12.1 Å². The van der Waals surface area contributed by atoms with E-state index in [0.29, 0.717) is 24.7 Å². The van der Waals surface area contributed by atoms with E-state index in [2.05, 4.69) is 36.2 Å². The fourth-order valence-electron chi connectivity index (χ4n) is 3.10. The van der Waals surface area contributed by atoms with Gasteiger partial charge in [0.2, 0.25) is 0 Å². The largest absolute Gasteiger partial charge is 0.460 e. The number of fused-ring (bicyclic) bond motifs is 1. The zero-order valence-electron chi connectivity index (χ0n) is 16.4. The molecular formula is C20H22BrN5O3. The number of ether oxygens (including phenoxy) is 2. The first kappa shape index (κ1) is 19.6. The Morgan fingerprint density at radius 1 is 1.24 bits per heavy atom. The van der Waals surface area contributed by atoms with E-state index >= 15 is 0 Å². The maximum Gasteiger partial charge on any atom is 0.407 e. The minimum absolute atomic E-state index is 0.0300. The molecule has 8 nitrogen and oxygen atoms in total. The molecule has 0 aliphatic heterocycles. The molecule has 0 saturated heterocycles. The second kappa shape index (κ2) is 7.62. The SMILES string of the molecule is CC(C)(C)OC(=O)NC1CC(Oc2ncc(Br)c(-n3cnc4ccccc43)n2)C1. The van der Waals surface area contributed by atoms with E-state index in [-0.39, 0.29) is 12.1 Å². The van der Waals surface area contributed by atoms with Crippen molar-refractivity contribution in [3.63, 3.8) is 0 Å². The zero-order chi connectivity index (χ0) is 20.6. The van der Waals surface area contributed by atoms with Gasteiger partial charge in [-0.05, 0) is 48.8 Å². The van der Waals surface area contributed by atoms with Gasteiger partial charge in [0.25, 0.3) is 0 Å². The fraction of sp³-hybridized carbons (Fsp3) is 0.400. The molecule has 1 saturated carbocycles. The molecule has 152 valence electrons. The van der Waals surface area contributed by atoms with Crippen molar-refractivity contribution in [2.75, 3.05) is 0 Å². The Labute approximate surface area is 176 Å². The number of aromatic nitrogens is 4. The molecule has 29 heavy (non-hydrogen) atoms. The van der Waals surface area contributed by atoms with Crippen molar-refractivity contribution in [2.45, 2.75) is 51.4 Å². The number of hydrogen-bond donors (Lipinski definition) is 1. The van der Waals surface area contributed by atoms with Crippen molar-refractivity contribution in [1.29, 1.82) is 0 Å². The van der Waals surface area contributed by atoms with Crippen LogP contribution in [0.2, 0.25) is 0 Å². The van der Waals surface area contributed by atoms with Crippen molar-refractivity contribution >= 4 is 33.1 Å². The monoisotopic (exact) mass is 459 g/mol. The van der Waals surface area contributed by atoms with Crippen molar-refractivity contribution in [3.8, 4) is 11.8 Å². The lowest BCUT2D eigenvalue weighted by molar-refractivity contribution is 0.0345. The number of nitrogens with one attached hydrogen (secondary N) is 1. The summed E-state index contributed by atoms with van der Waals surface area (Å²) < 4.78 is 13.8. The molecular weight excluding hydrogens is 438 g/mol. The molecule has 4 rings (SSSR count). The number of nitrogens with zero attached hydrogens (tertiary/aromatic N) is 4. The van der Waals surface area contributed by atoms with E-state index in [1.165, 1.54) is 0 Å². The third kappa shape index (κ3) is 4.50. The van der Waals surface area contributed by atoms with Crippen LogP contribution in [0.1, 0.15) is 33.6 Å². The maximum atomic E-state index is 11.8. The quantitative estimate of drug-likeness (QED) is 0.633. The predicted octanol–water partition coefficient (Wildman–Crippen LogP) is 4.01. The van der Waals surface area contributed by atoms with E-state index in [4.69, 9.17) is 9.47 Å². The normalized spacial score (nSPS) is 18.9. The molecule has 0 bridgehead atoms. The highest BCUT2D eigenvalue weighted by molar-refractivity contribution is 9.10. The summed E-state index contributed by atoms with van der Waals surface area (Å²) >= 11 is 3.50. The van der Waals surface area contributed by atoms with Crippen LogP contribution < -0.4 is 10.1 Å². The van der Waals surface area contributed by atoms with Crippen LogP contribution in [0.4, 0.5) is 4.79 Å². The maximum absolute atomic E-state index is 11.8. The molecule has 1 aliphatic carbocycles. The van der Waals surface area contributed by atoms with E-state index in [0.717, 1.165) is 15.5 Å². The van der Waals surface area contributed by atoms with Gasteiger partial charge < -0.3 is 14.8 Å². The summed E-state index contributed by atoms with van der Waals surface area (Å²) in [6.45, 7) is 5.52. The van der Waals surface area contributed by atoms with Crippen LogP contribution in [0.5, 0.6) is 6.01 Å². The van der Waals surface area contributed by atoms with Crippen molar-refractivity contribution < 1.29 is 14.3 Å². The Morgan fingerprint density at radius 2 is 2.00 bits per heavy atom. The highest BCUT2D eigenvalue weighted by Gasteiger charge is 2.34. The molecule has 0 spiro atoms. The molecule has 2 aromatic heterocycles. The molecule has 0 radical (unpaired) electrons. The van der Waals surface area contributed by atoms with Gasteiger partial charge in [-0.15, -0.1) is 0 Å². The van der Waals surface area contributed by atoms with Gasteiger partial charge in [-0.2, -0.15) is 4.98 Å². The molecule has 1 amide bonds. The number of alkyl carbamates (subject to hydrolysis) is 1. The van der Waals surface area contributed by atoms with Crippen molar-refractivity contribution in [3.05, 3.63) is 41.3 Å². The number of rotatable bonds is 4. The van der Waals surface area contributed by atoms with Gasteiger partial charge in [0, 0.05) is 18.9 Å². The molecule has 2 heterocycles. The summed E-state index contributed by atoms with van der Waals surface area (Å²) in [4.78, 5) is 25.1. The van der Waals surface area contributed by atoms with E-state index in [1.54, 1.807) is 12.5 Å². The van der Waals surface area contributed by atoms with Crippen LogP contribution in [0.15, 0.2) is 41.3 Å². The molecule has 1 N–H and O–H groups in total. The Bertz CT molecular complexity index is 1040. The summed E-state index contributed by atoms with van der Waals surface area (Å²) in [6.07, 6.45) is 4.30. The molecule has 3 aromatic rings. The third-order valence-corrected chi connectivity index (χ3v) is 5.03. The smallest absolute Gasteiger partial charge is 0.407 e. The van der Waals surface area contributed by atoms with Gasteiger partial charge in [0.1, 0.15) is 18.0 Å². The lowest BCUT2D eigenvalue weighted by Crippen LogP contribution is -2.50. The Balaban J connectivity index is 1.40. The van der Waals surface area contributed by atoms with Crippen LogP contribution in [0, 0.1) is 0 Å².